The second-order valence-corrected chi connectivity index (χ2v) is 8.74. The highest BCUT2D eigenvalue weighted by Crippen LogP contribution is 2.37. The van der Waals surface area contributed by atoms with Gasteiger partial charge < -0.3 is 15.4 Å². The molecule has 3 aromatic rings. The first-order valence-electron chi connectivity index (χ1n) is 10.6. The van der Waals surface area contributed by atoms with E-state index in [1.54, 1.807) is 36.4 Å². The van der Waals surface area contributed by atoms with Crippen LogP contribution in [0.1, 0.15) is 21.5 Å². The van der Waals surface area contributed by atoms with Crippen LogP contribution in [0.15, 0.2) is 71.4 Å². The Hall–Kier alpha value is -3.81. The Morgan fingerprint density at radius 2 is 1.71 bits per heavy atom. The normalized spacial score (nSPS) is 13.3. The third-order valence-corrected chi connectivity index (χ3v) is 6.02. The first-order chi connectivity index (χ1) is 16.7. The van der Waals surface area contributed by atoms with Crippen molar-refractivity contribution in [2.24, 2.45) is 0 Å². The number of nitrogens with one attached hydrogen (secondary N) is 2. The Labute approximate surface area is 212 Å². The molecule has 3 aromatic carbocycles. The van der Waals surface area contributed by atoms with Crippen LogP contribution in [0, 0.1) is 13.8 Å². The minimum Gasteiger partial charge on any atom is -0.495 e. The summed E-state index contributed by atoms with van der Waals surface area (Å²) in [4.78, 5) is 39.7. The molecule has 0 spiro atoms. The number of imide groups is 1. The second-order valence-electron chi connectivity index (χ2n) is 7.93. The third-order valence-electron chi connectivity index (χ3n) is 5.43. The molecule has 3 amide bonds. The summed E-state index contributed by atoms with van der Waals surface area (Å²) in [5, 5.41) is 5.80. The number of benzene rings is 3. The van der Waals surface area contributed by atoms with Gasteiger partial charge in [0.25, 0.3) is 17.7 Å². The summed E-state index contributed by atoms with van der Waals surface area (Å²) >= 11 is 12.3. The van der Waals surface area contributed by atoms with Gasteiger partial charge in [0.15, 0.2) is 0 Å². The van der Waals surface area contributed by atoms with Gasteiger partial charge in [-0.15, -0.1) is 0 Å². The number of ether oxygens (including phenoxy) is 1. The average molecular weight is 510 g/mol. The minimum absolute atomic E-state index is 0.120. The summed E-state index contributed by atoms with van der Waals surface area (Å²) in [7, 11) is 1.42. The van der Waals surface area contributed by atoms with E-state index < -0.39 is 11.8 Å². The number of aryl methyl sites for hydroxylation is 2. The molecule has 0 radical (unpaired) electrons. The summed E-state index contributed by atoms with van der Waals surface area (Å²) < 4.78 is 5.27. The molecule has 1 aliphatic rings. The van der Waals surface area contributed by atoms with Crippen LogP contribution in [0.25, 0.3) is 0 Å². The average Bonchev–Trinajstić information content (AvgIpc) is 3.04. The maximum Gasteiger partial charge on any atom is 0.283 e. The fraction of sp³-hybridized carbons (Fsp3) is 0.115. The number of hydrogen-bond donors (Lipinski definition) is 2. The van der Waals surface area contributed by atoms with Crippen LogP contribution in [0.4, 0.5) is 17.1 Å². The Morgan fingerprint density at radius 1 is 0.943 bits per heavy atom. The highest BCUT2D eigenvalue weighted by atomic mass is 35.5. The molecule has 2 N–H and O–H groups in total. The van der Waals surface area contributed by atoms with E-state index in [9.17, 15) is 14.4 Å². The predicted molar refractivity (Wildman–Crippen MR) is 137 cm³/mol. The SMILES string of the molecule is COc1ccc(Cl)cc1N1C(=O)C(Cl)=C(Nc2cccc(C(=O)Nc3ccc(C)cc3C)c2)C1=O. The molecule has 0 atom stereocenters. The van der Waals surface area contributed by atoms with Gasteiger partial charge in [-0.1, -0.05) is 47.0 Å². The molecule has 0 bridgehead atoms. The van der Waals surface area contributed by atoms with E-state index in [1.165, 1.54) is 13.2 Å². The molecule has 0 unspecified atom stereocenters. The molecule has 0 aliphatic carbocycles. The molecule has 1 aliphatic heterocycles. The standard InChI is InChI=1S/C26H21Cl2N3O4/c1-14-7-9-19(15(2)11-14)30-24(32)16-5-4-6-18(12-16)29-23-22(28)25(33)31(26(23)34)20-13-17(27)8-10-21(20)35-3/h4-13,29H,1-3H3,(H,30,32). The Kier molecular flexibility index (Phi) is 6.82. The number of hydrogen-bond acceptors (Lipinski definition) is 5. The largest absolute Gasteiger partial charge is 0.495 e. The van der Waals surface area contributed by atoms with Crippen molar-refractivity contribution in [3.8, 4) is 5.75 Å². The Morgan fingerprint density at radius 3 is 2.43 bits per heavy atom. The lowest BCUT2D eigenvalue weighted by Gasteiger charge is -2.18. The number of amides is 3. The van der Waals surface area contributed by atoms with E-state index in [0.717, 1.165) is 16.0 Å². The molecule has 9 heteroatoms. The fourth-order valence-electron chi connectivity index (χ4n) is 3.70. The van der Waals surface area contributed by atoms with Crippen LogP contribution < -0.4 is 20.3 Å². The lowest BCUT2D eigenvalue weighted by atomic mass is 10.1. The summed E-state index contributed by atoms with van der Waals surface area (Å²) in [5.41, 5.74) is 3.56. The van der Waals surface area contributed by atoms with Crippen molar-refractivity contribution < 1.29 is 19.1 Å². The van der Waals surface area contributed by atoms with Crippen LogP contribution in [0.5, 0.6) is 5.75 Å². The van der Waals surface area contributed by atoms with Crippen molar-refractivity contribution in [3.05, 3.63) is 93.1 Å². The van der Waals surface area contributed by atoms with E-state index in [1.807, 2.05) is 32.0 Å². The zero-order valence-corrected chi connectivity index (χ0v) is 20.6. The van der Waals surface area contributed by atoms with Crippen LogP contribution in [-0.4, -0.2) is 24.8 Å². The van der Waals surface area contributed by atoms with E-state index >= 15 is 0 Å². The number of carbonyl (C=O) groups is 3. The maximum absolute atomic E-state index is 13.2. The highest BCUT2D eigenvalue weighted by Gasteiger charge is 2.40. The lowest BCUT2D eigenvalue weighted by molar-refractivity contribution is -0.120. The first kappa shape index (κ1) is 24.3. The number of anilines is 3. The zero-order valence-electron chi connectivity index (χ0n) is 19.1. The molecule has 7 nitrogen and oxygen atoms in total. The minimum atomic E-state index is -0.719. The molecule has 0 saturated carbocycles. The first-order valence-corrected chi connectivity index (χ1v) is 11.3. The fourth-order valence-corrected chi connectivity index (χ4v) is 4.08. The van der Waals surface area contributed by atoms with E-state index in [4.69, 9.17) is 27.9 Å². The van der Waals surface area contributed by atoms with Crippen LogP contribution >= 0.6 is 23.2 Å². The molecule has 35 heavy (non-hydrogen) atoms. The molecule has 1 heterocycles. The number of methoxy groups -OCH3 is 1. The van der Waals surface area contributed by atoms with Gasteiger partial charge in [-0.05, 0) is 61.9 Å². The van der Waals surface area contributed by atoms with Gasteiger partial charge in [-0.2, -0.15) is 0 Å². The number of rotatable bonds is 6. The molecule has 4 rings (SSSR count). The maximum atomic E-state index is 13.2. The van der Waals surface area contributed by atoms with Crippen molar-refractivity contribution >= 4 is 58.0 Å². The Bertz CT molecular complexity index is 1400. The summed E-state index contributed by atoms with van der Waals surface area (Å²) in [6, 6.07) is 16.8. The Balaban J connectivity index is 1.57. The smallest absolute Gasteiger partial charge is 0.283 e. The molecular weight excluding hydrogens is 489 g/mol. The molecule has 0 saturated heterocycles. The van der Waals surface area contributed by atoms with E-state index in [2.05, 4.69) is 10.6 Å². The zero-order chi connectivity index (χ0) is 25.3. The third kappa shape index (κ3) is 4.87. The monoisotopic (exact) mass is 509 g/mol. The highest BCUT2D eigenvalue weighted by molar-refractivity contribution is 6.53. The van der Waals surface area contributed by atoms with Crippen molar-refractivity contribution in [2.45, 2.75) is 13.8 Å². The summed E-state index contributed by atoms with van der Waals surface area (Å²) in [6.07, 6.45) is 0. The summed E-state index contributed by atoms with van der Waals surface area (Å²) in [6.45, 7) is 3.89. The number of carbonyl (C=O) groups excluding carboxylic acids is 3. The van der Waals surface area contributed by atoms with Gasteiger partial charge in [0.1, 0.15) is 16.5 Å². The van der Waals surface area contributed by atoms with Gasteiger partial charge in [0, 0.05) is 22.0 Å². The van der Waals surface area contributed by atoms with E-state index in [-0.39, 0.29) is 28.1 Å². The lowest BCUT2D eigenvalue weighted by Crippen LogP contribution is -2.32. The van der Waals surface area contributed by atoms with Crippen molar-refractivity contribution in [1.29, 1.82) is 0 Å². The second kappa shape index (κ2) is 9.82. The number of nitrogens with zero attached hydrogens (tertiary/aromatic N) is 1. The quantitative estimate of drug-likeness (QED) is 0.419. The molecular formula is C26H21Cl2N3O4. The van der Waals surface area contributed by atoms with Gasteiger partial charge in [-0.25, -0.2) is 4.90 Å². The van der Waals surface area contributed by atoms with Crippen molar-refractivity contribution in [2.75, 3.05) is 22.6 Å². The van der Waals surface area contributed by atoms with Crippen molar-refractivity contribution in [3.63, 3.8) is 0 Å². The van der Waals surface area contributed by atoms with Crippen LogP contribution in [0.3, 0.4) is 0 Å². The predicted octanol–water partition coefficient (Wildman–Crippen LogP) is 5.65. The van der Waals surface area contributed by atoms with Gasteiger partial charge in [-0.3, -0.25) is 14.4 Å². The van der Waals surface area contributed by atoms with Crippen molar-refractivity contribution in [1.82, 2.24) is 0 Å². The molecule has 0 aromatic heterocycles. The number of halogens is 2. The van der Waals surface area contributed by atoms with E-state index in [0.29, 0.717) is 22.0 Å². The van der Waals surface area contributed by atoms with Gasteiger partial charge in [0.05, 0.1) is 12.8 Å². The molecule has 0 fully saturated rings. The summed E-state index contributed by atoms with van der Waals surface area (Å²) in [5.74, 6) is -1.43. The molecule has 178 valence electrons. The van der Waals surface area contributed by atoms with Crippen LogP contribution in [0.2, 0.25) is 5.02 Å². The van der Waals surface area contributed by atoms with Crippen LogP contribution in [-0.2, 0) is 9.59 Å². The van der Waals surface area contributed by atoms with Gasteiger partial charge >= 0.3 is 0 Å². The topological polar surface area (TPSA) is 87.7 Å². The van der Waals surface area contributed by atoms with Gasteiger partial charge in [0.2, 0.25) is 0 Å².